The molecule has 8 rings (SSSR count). The minimum atomic E-state index is 0.974. The number of nitrogens with zero attached hydrogens (tertiary/aromatic N) is 2. The van der Waals surface area contributed by atoms with Crippen molar-refractivity contribution in [3.63, 3.8) is 0 Å². The Morgan fingerprint density at radius 2 is 1.29 bits per heavy atom. The number of rotatable bonds is 3. The molecule has 0 saturated carbocycles. The Hall–Kier alpha value is -4.13. The van der Waals surface area contributed by atoms with E-state index in [1.54, 1.807) is 0 Å². The van der Waals surface area contributed by atoms with Crippen molar-refractivity contribution in [2.45, 2.75) is 16.7 Å². The van der Waals surface area contributed by atoms with Crippen LogP contribution in [-0.2, 0) is 0 Å². The second-order valence-electron chi connectivity index (χ2n) is 10.6. The van der Waals surface area contributed by atoms with Crippen LogP contribution in [0.1, 0.15) is 5.56 Å². The van der Waals surface area contributed by atoms with Gasteiger partial charge in [-0.05, 0) is 106 Å². The van der Waals surface area contributed by atoms with Crippen molar-refractivity contribution in [1.82, 2.24) is 4.98 Å². The van der Waals surface area contributed by atoms with E-state index in [0.29, 0.717) is 0 Å². The Morgan fingerprint density at radius 1 is 0.619 bits per heavy atom. The summed E-state index contributed by atoms with van der Waals surface area (Å²) < 4.78 is 1.21. The van der Waals surface area contributed by atoms with Gasteiger partial charge in [-0.2, -0.15) is 0 Å². The first-order chi connectivity index (χ1) is 20.7. The summed E-state index contributed by atoms with van der Waals surface area (Å²) in [5.74, 6) is 0. The van der Waals surface area contributed by atoms with Crippen molar-refractivity contribution in [1.29, 1.82) is 0 Å². The summed E-state index contributed by atoms with van der Waals surface area (Å²) >= 11 is 4.20. The van der Waals surface area contributed by atoms with Gasteiger partial charge in [0.15, 0.2) is 0 Å². The lowest BCUT2D eigenvalue weighted by Gasteiger charge is -2.33. The molecule has 1 aliphatic rings. The summed E-state index contributed by atoms with van der Waals surface area (Å²) in [5, 5.41) is 3.67. The van der Waals surface area contributed by atoms with Crippen LogP contribution in [0.4, 0.5) is 17.1 Å². The molecule has 42 heavy (non-hydrogen) atoms. The molecule has 0 saturated heterocycles. The minimum Gasteiger partial charge on any atom is -0.306 e. The lowest BCUT2D eigenvalue weighted by atomic mass is 9.91. The zero-order chi connectivity index (χ0) is 28.2. The first-order valence-corrected chi connectivity index (χ1v) is 15.9. The van der Waals surface area contributed by atoms with E-state index in [9.17, 15) is 0 Å². The number of pyridine rings is 1. The zero-order valence-corrected chi connectivity index (χ0v) is 25.9. The summed E-state index contributed by atoms with van der Waals surface area (Å²) in [5.41, 5.74) is 10.2. The van der Waals surface area contributed by atoms with E-state index in [-0.39, 0.29) is 0 Å². The molecule has 0 amide bonds. The van der Waals surface area contributed by atoms with E-state index >= 15 is 0 Å². The Bertz CT molecular complexity index is 2100. The predicted molar refractivity (Wildman–Crippen MR) is 186 cm³/mol. The highest BCUT2D eigenvalue weighted by Gasteiger charge is 2.27. The summed E-state index contributed by atoms with van der Waals surface area (Å²) in [4.78, 5) is 10.4. The summed E-state index contributed by atoms with van der Waals surface area (Å²) in [7, 11) is 0. The monoisotopic (exact) mass is 668 g/mol. The van der Waals surface area contributed by atoms with Gasteiger partial charge in [0.05, 0.1) is 28.3 Å². The van der Waals surface area contributed by atoms with Crippen molar-refractivity contribution in [3.05, 3.63) is 143 Å². The molecule has 0 bridgehead atoms. The van der Waals surface area contributed by atoms with Crippen molar-refractivity contribution in [3.8, 4) is 22.4 Å². The van der Waals surface area contributed by atoms with E-state index in [1.165, 1.54) is 57.6 Å². The van der Waals surface area contributed by atoms with Crippen LogP contribution in [0.15, 0.2) is 143 Å². The van der Waals surface area contributed by atoms with Gasteiger partial charge in [-0.25, -0.2) is 4.98 Å². The first-order valence-electron chi connectivity index (χ1n) is 14.0. The largest absolute Gasteiger partial charge is 0.306 e. The van der Waals surface area contributed by atoms with Crippen LogP contribution in [0.25, 0.3) is 44.1 Å². The number of benzene rings is 6. The smallest absolute Gasteiger partial charge is 0.0958 e. The topological polar surface area (TPSA) is 16.1 Å². The quantitative estimate of drug-likeness (QED) is 0.174. The van der Waals surface area contributed by atoms with Crippen LogP contribution >= 0.6 is 34.4 Å². The fourth-order valence-corrected chi connectivity index (χ4v) is 7.50. The van der Waals surface area contributed by atoms with E-state index in [1.807, 2.05) is 11.8 Å². The summed E-state index contributed by atoms with van der Waals surface area (Å²) in [6.07, 6.45) is 0. The molecule has 0 aliphatic carbocycles. The first kappa shape index (κ1) is 25.6. The van der Waals surface area contributed by atoms with Crippen LogP contribution in [0, 0.1) is 10.5 Å². The lowest BCUT2D eigenvalue weighted by molar-refractivity contribution is 1.17. The Labute approximate surface area is 263 Å². The van der Waals surface area contributed by atoms with Gasteiger partial charge in [0.2, 0.25) is 0 Å². The number of aromatic nitrogens is 1. The third-order valence-electron chi connectivity index (χ3n) is 8.04. The van der Waals surface area contributed by atoms with Gasteiger partial charge in [0.1, 0.15) is 0 Å². The van der Waals surface area contributed by atoms with Crippen molar-refractivity contribution < 1.29 is 0 Å². The molecule has 200 valence electrons. The summed E-state index contributed by atoms with van der Waals surface area (Å²) in [6, 6.07) is 48.1. The van der Waals surface area contributed by atoms with Crippen LogP contribution in [-0.4, -0.2) is 4.98 Å². The maximum Gasteiger partial charge on any atom is 0.0958 e. The van der Waals surface area contributed by atoms with E-state index in [4.69, 9.17) is 4.98 Å². The molecule has 0 radical (unpaired) electrons. The van der Waals surface area contributed by atoms with Gasteiger partial charge >= 0.3 is 0 Å². The molecule has 0 spiro atoms. The standard InChI is InChI=1S/C38H25IN2S/c1-24-17-22-34(41-32-13-4-6-15-35(32)42-36-16-7-5-14-33(36)41)38-37(24)30(23-31(40-38)26-18-20-27(39)21-19-26)29-12-8-10-25-9-2-3-11-28(25)29/h2-23H,1H3. The molecule has 0 fully saturated rings. The van der Waals surface area contributed by atoms with Crippen molar-refractivity contribution in [2.75, 3.05) is 4.90 Å². The van der Waals surface area contributed by atoms with Crippen molar-refractivity contribution in [2.24, 2.45) is 0 Å². The fraction of sp³-hybridized carbons (Fsp3) is 0.0263. The zero-order valence-electron chi connectivity index (χ0n) is 22.9. The van der Waals surface area contributed by atoms with E-state index in [2.05, 4.69) is 168 Å². The molecule has 1 aromatic heterocycles. The second kappa shape index (κ2) is 10.3. The number of hydrogen-bond donors (Lipinski definition) is 0. The van der Waals surface area contributed by atoms with Crippen molar-refractivity contribution >= 4 is 73.1 Å². The second-order valence-corrected chi connectivity index (χ2v) is 12.9. The van der Waals surface area contributed by atoms with Gasteiger partial charge in [0, 0.05) is 24.3 Å². The number of para-hydroxylation sites is 2. The molecule has 6 aromatic carbocycles. The van der Waals surface area contributed by atoms with Crippen LogP contribution in [0.3, 0.4) is 0 Å². The molecule has 1 aliphatic heterocycles. The van der Waals surface area contributed by atoms with E-state index < -0.39 is 0 Å². The van der Waals surface area contributed by atoms with Gasteiger partial charge < -0.3 is 4.90 Å². The third kappa shape index (κ3) is 4.20. The number of halogens is 1. The Balaban J connectivity index is 1.49. The maximum atomic E-state index is 5.47. The van der Waals surface area contributed by atoms with E-state index in [0.717, 1.165) is 22.5 Å². The number of anilines is 3. The maximum absolute atomic E-state index is 5.47. The number of aryl methyl sites for hydroxylation is 1. The fourth-order valence-electron chi connectivity index (χ4n) is 6.08. The molecule has 2 heterocycles. The average molecular weight is 669 g/mol. The highest BCUT2D eigenvalue weighted by molar-refractivity contribution is 14.1. The molecular weight excluding hydrogens is 643 g/mol. The summed E-state index contributed by atoms with van der Waals surface area (Å²) in [6.45, 7) is 2.21. The van der Waals surface area contributed by atoms with Crippen LogP contribution in [0.2, 0.25) is 0 Å². The van der Waals surface area contributed by atoms with Gasteiger partial charge in [-0.3, -0.25) is 0 Å². The Kier molecular flexibility index (Phi) is 6.27. The third-order valence-corrected chi connectivity index (χ3v) is 9.89. The average Bonchev–Trinajstić information content (AvgIpc) is 3.04. The number of hydrogen-bond acceptors (Lipinski definition) is 3. The minimum absolute atomic E-state index is 0.974. The molecular formula is C38H25IN2S. The van der Waals surface area contributed by atoms with Crippen LogP contribution in [0.5, 0.6) is 0 Å². The lowest BCUT2D eigenvalue weighted by Crippen LogP contribution is -2.15. The SMILES string of the molecule is Cc1ccc(N2c3ccccc3Sc3ccccc32)c2nc(-c3ccc(I)cc3)cc(-c3cccc4ccccc34)c12. The normalized spacial score (nSPS) is 12.4. The highest BCUT2D eigenvalue weighted by atomic mass is 127. The molecule has 2 nitrogen and oxygen atoms in total. The highest BCUT2D eigenvalue weighted by Crippen LogP contribution is 2.53. The predicted octanol–water partition coefficient (Wildman–Crippen LogP) is 11.6. The van der Waals surface area contributed by atoms with Gasteiger partial charge in [-0.1, -0.05) is 96.7 Å². The van der Waals surface area contributed by atoms with Gasteiger partial charge in [-0.15, -0.1) is 0 Å². The molecule has 4 heteroatoms. The molecule has 0 atom stereocenters. The molecule has 7 aromatic rings. The van der Waals surface area contributed by atoms with Crippen LogP contribution < -0.4 is 4.90 Å². The molecule has 0 N–H and O–H groups in total. The molecule has 0 unspecified atom stereocenters. The Morgan fingerprint density at radius 3 is 2.05 bits per heavy atom. The van der Waals surface area contributed by atoms with Gasteiger partial charge in [0.25, 0.3) is 0 Å². The number of fused-ring (bicyclic) bond motifs is 4.